The highest BCUT2D eigenvalue weighted by molar-refractivity contribution is 6.32. The fourth-order valence-corrected chi connectivity index (χ4v) is 1.87. The van der Waals surface area contributed by atoms with Gasteiger partial charge in [0, 0.05) is 0 Å². The largest absolute Gasteiger partial charge is 0.335 e. The molecule has 6 nitrogen and oxygen atoms in total. The number of nitriles is 1. The molecule has 0 spiro atoms. The summed E-state index contributed by atoms with van der Waals surface area (Å²) in [4.78, 5) is 9.78. The summed E-state index contributed by atoms with van der Waals surface area (Å²) in [5.41, 5.74) is -1.33. The molecule has 0 aliphatic heterocycles. The zero-order valence-corrected chi connectivity index (χ0v) is 10.4. The molecule has 0 amide bonds. The summed E-state index contributed by atoms with van der Waals surface area (Å²) in [5, 5.41) is 22.4. The van der Waals surface area contributed by atoms with Crippen LogP contribution in [0.2, 0.25) is 5.15 Å². The normalized spacial score (nSPS) is 10.6. The molecule has 9 heteroatoms. The predicted molar refractivity (Wildman–Crippen MR) is 64.9 cm³/mol. The Bertz CT molecular complexity index is 706. The zero-order chi connectivity index (χ0) is 14.9. The molecule has 0 fully saturated rings. The summed E-state index contributed by atoms with van der Waals surface area (Å²) < 4.78 is 26.3. The summed E-state index contributed by atoms with van der Waals surface area (Å²) in [6, 6.07) is 7.52. The lowest BCUT2D eigenvalue weighted by Crippen LogP contribution is -1.97. The molecule has 20 heavy (non-hydrogen) atoms. The molecule has 2 aromatic rings. The van der Waals surface area contributed by atoms with E-state index in [2.05, 4.69) is 5.10 Å². The molecule has 0 aliphatic carbocycles. The standard InChI is InChI=1S/C11H5ClF2N4O2/c12-10-9(18(19)20)8(11(13)14)16-17(10)7-3-1-6(5-15)2-4-7/h1-4,11H. The van der Waals surface area contributed by atoms with Crippen LogP contribution in [0.25, 0.3) is 5.69 Å². The van der Waals surface area contributed by atoms with Crippen LogP contribution in [0.15, 0.2) is 24.3 Å². The molecule has 0 saturated heterocycles. The Morgan fingerprint density at radius 1 is 1.40 bits per heavy atom. The Morgan fingerprint density at radius 2 is 2.00 bits per heavy atom. The number of alkyl halides is 2. The quantitative estimate of drug-likeness (QED) is 0.643. The van der Waals surface area contributed by atoms with Gasteiger partial charge in [-0.05, 0) is 24.3 Å². The summed E-state index contributed by atoms with van der Waals surface area (Å²) >= 11 is 5.74. The Morgan fingerprint density at radius 3 is 2.40 bits per heavy atom. The van der Waals surface area contributed by atoms with Crippen LogP contribution in [-0.2, 0) is 0 Å². The number of hydrogen-bond acceptors (Lipinski definition) is 4. The van der Waals surface area contributed by atoms with Gasteiger partial charge in [-0.2, -0.15) is 10.4 Å². The molecule has 1 aromatic heterocycles. The van der Waals surface area contributed by atoms with Crippen LogP contribution in [0.5, 0.6) is 0 Å². The van der Waals surface area contributed by atoms with Gasteiger partial charge >= 0.3 is 5.69 Å². The SMILES string of the molecule is N#Cc1ccc(-n2nc(C(F)F)c([N+](=O)[O-])c2Cl)cc1. The molecule has 0 atom stereocenters. The van der Waals surface area contributed by atoms with Gasteiger partial charge < -0.3 is 0 Å². The topological polar surface area (TPSA) is 84.8 Å². The molecule has 102 valence electrons. The smallest absolute Gasteiger partial charge is 0.258 e. The van der Waals surface area contributed by atoms with Crippen LogP contribution in [0.3, 0.4) is 0 Å². The number of halogens is 3. The van der Waals surface area contributed by atoms with E-state index < -0.39 is 27.9 Å². The van der Waals surface area contributed by atoms with Gasteiger partial charge in [0.25, 0.3) is 6.43 Å². The molecule has 1 heterocycles. The number of hydrogen-bond donors (Lipinski definition) is 0. The lowest BCUT2D eigenvalue weighted by atomic mass is 10.2. The number of aromatic nitrogens is 2. The van der Waals surface area contributed by atoms with Crippen molar-refractivity contribution in [3.8, 4) is 11.8 Å². The Balaban J connectivity index is 2.60. The first kappa shape index (κ1) is 13.9. The second kappa shape index (κ2) is 5.22. The molecule has 1 aromatic carbocycles. The van der Waals surface area contributed by atoms with E-state index in [-0.39, 0.29) is 5.69 Å². The van der Waals surface area contributed by atoms with E-state index >= 15 is 0 Å². The van der Waals surface area contributed by atoms with Crippen molar-refractivity contribution in [2.24, 2.45) is 0 Å². The molecule has 0 saturated carbocycles. The van der Waals surface area contributed by atoms with Crippen molar-refractivity contribution in [3.05, 3.63) is 50.8 Å². The molecule has 0 aliphatic rings. The van der Waals surface area contributed by atoms with Crippen molar-refractivity contribution < 1.29 is 13.7 Å². The Labute approximate surface area is 116 Å². The van der Waals surface area contributed by atoms with Gasteiger partial charge in [-0.1, -0.05) is 11.6 Å². The third-order valence-electron chi connectivity index (χ3n) is 2.46. The predicted octanol–water partition coefficient (Wildman–Crippen LogP) is 3.24. The van der Waals surface area contributed by atoms with E-state index in [1.807, 2.05) is 6.07 Å². The van der Waals surface area contributed by atoms with E-state index in [1.54, 1.807) is 0 Å². The Kier molecular flexibility index (Phi) is 3.63. The van der Waals surface area contributed by atoms with Crippen LogP contribution < -0.4 is 0 Å². The number of rotatable bonds is 3. The maximum absolute atomic E-state index is 12.7. The minimum Gasteiger partial charge on any atom is -0.258 e. The molecular formula is C11H5ClF2N4O2. The van der Waals surface area contributed by atoms with Gasteiger partial charge in [0.1, 0.15) is 0 Å². The van der Waals surface area contributed by atoms with Crippen molar-refractivity contribution in [1.29, 1.82) is 5.26 Å². The zero-order valence-electron chi connectivity index (χ0n) is 9.63. The lowest BCUT2D eigenvalue weighted by molar-refractivity contribution is -0.386. The lowest BCUT2D eigenvalue weighted by Gasteiger charge is -2.01. The third kappa shape index (κ3) is 2.31. The highest BCUT2D eigenvalue weighted by Crippen LogP contribution is 2.35. The van der Waals surface area contributed by atoms with Gasteiger partial charge in [0.2, 0.25) is 10.8 Å². The second-order valence-electron chi connectivity index (χ2n) is 3.65. The summed E-state index contributed by atoms with van der Waals surface area (Å²) in [6.07, 6.45) is -3.12. The maximum Gasteiger partial charge on any atom is 0.335 e. The van der Waals surface area contributed by atoms with E-state index in [1.165, 1.54) is 24.3 Å². The van der Waals surface area contributed by atoms with Gasteiger partial charge in [-0.15, -0.1) is 0 Å². The third-order valence-corrected chi connectivity index (χ3v) is 2.80. The number of benzene rings is 1. The molecule has 2 rings (SSSR count). The fourth-order valence-electron chi connectivity index (χ4n) is 1.57. The van der Waals surface area contributed by atoms with Crippen LogP contribution >= 0.6 is 11.6 Å². The van der Waals surface area contributed by atoms with Crippen molar-refractivity contribution in [1.82, 2.24) is 9.78 Å². The van der Waals surface area contributed by atoms with Crippen molar-refractivity contribution >= 4 is 17.3 Å². The van der Waals surface area contributed by atoms with E-state index in [4.69, 9.17) is 16.9 Å². The van der Waals surface area contributed by atoms with E-state index in [0.29, 0.717) is 5.56 Å². The highest BCUT2D eigenvalue weighted by atomic mass is 35.5. The van der Waals surface area contributed by atoms with Crippen molar-refractivity contribution in [3.63, 3.8) is 0 Å². The molecule has 0 bridgehead atoms. The Hall–Kier alpha value is -2.53. The van der Waals surface area contributed by atoms with Gasteiger partial charge in [0.15, 0.2) is 0 Å². The van der Waals surface area contributed by atoms with Crippen molar-refractivity contribution in [2.45, 2.75) is 6.43 Å². The first-order valence-electron chi connectivity index (χ1n) is 5.17. The maximum atomic E-state index is 12.7. The summed E-state index contributed by atoms with van der Waals surface area (Å²) in [6.45, 7) is 0. The van der Waals surface area contributed by atoms with Gasteiger partial charge in [-0.25, -0.2) is 13.5 Å². The summed E-state index contributed by atoms with van der Waals surface area (Å²) in [7, 11) is 0. The van der Waals surface area contributed by atoms with Crippen molar-refractivity contribution in [2.75, 3.05) is 0 Å². The first-order chi connectivity index (χ1) is 9.45. The summed E-state index contributed by atoms with van der Waals surface area (Å²) in [5.74, 6) is 0. The van der Waals surface area contributed by atoms with Crippen LogP contribution in [0.4, 0.5) is 14.5 Å². The molecular weight excluding hydrogens is 294 g/mol. The monoisotopic (exact) mass is 298 g/mol. The number of nitrogens with zero attached hydrogens (tertiary/aromatic N) is 4. The first-order valence-corrected chi connectivity index (χ1v) is 5.55. The van der Waals surface area contributed by atoms with Gasteiger partial charge in [-0.3, -0.25) is 10.1 Å². The average Bonchev–Trinajstić information content (AvgIpc) is 2.77. The van der Waals surface area contributed by atoms with Gasteiger partial charge in [0.05, 0.1) is 22.2 Å². The molecule has 0 unspecified atom stereocenters. The molecule has 0 radical (unpaired) electrons. The van der Waals surface area contributed by atoms with E-state index in [9.17, 15) is 18.9 Å². The molecule has 0 N–H and O–H groups in total. The minimum absolute atomic E-state index is 0.240. The van der Waals surface area contributed by atoms with Crippen LogP contribution in [0, 0.1) is 21.4 Å². The van der Waals surface area contributed by atoms with Crippen LogP contribution in [0.1, 0.15) is 17.7 Å². The average molecular weight is 299 g/mol. The highest BCUT2D eigenvalue weighted by Gasteiger charge is 2.32. The number of nitro groups is 1. The minimum atomic E-state index is -3.12. The van der Waals surface area contributed by atoms with Crippen LogP contribution in [-0.4, -0.2) is 14.7 Å². The van der Waals surface area contributed by atoms with E-state index in [0.717, 1.165) is 4.68 Å². The fraction of sp³-hybridized carbons (Fsp3) is 0.0909. The second-order valence-corrected chi connectivity index (χ2v) is 4.01.